The number of guanidine groups is 1. The Morgan fingerprint density at radius 2 is 1.61 bits per heavy atom. The third-order valence-corrected chi connectivity index (χ3v) is 4.83. The number of ether oxygens (including phenoxy) is 2. The van der Waals surface area contributed by atoms with Gasteiger partial charge in [0.15, 0.2) is 0 Å². The molecule has 1 heterocycles. The van der Waals surface area contributed by atoms with Crippen LogP contribution in [0.25, 0.3) is 0 Å². The second-order valence-corrected chi connectivity index (χ2v) is 10.8. The number of carbonyl (C=O) groups excluding carboxylic acids is 2. The van der Waals surface area contributed by atoms with Crippen molar-refractivity contribution in [1.29, 1.82) is 0 Å². The zero-order valence-electron chi connectivity index (χ0n) is 21.5. The minimum atomic E-state index is -0.745. The van der Waals surface area contributed by atoms with Crippen molar-refractivity contribution in [3.63, 3.8) is 0 Å². The standard InChI is InChI=1S/C26H39N3O4/c1-18(2)17-21-20(16-15-19-13-11-10-12-14-19)29(24(31)33-26(6,7)8)22(28(21)9)27-23(30)32-25(3,4)5/h10-14,16,18,21H,15,17H2,1-9H3/b20-16-,27-22+. The fraction of sp³-hybridized carbons (Fsp3) is 0.577. The molecule has 1 unspecified atom stereocenters. The summed E-state index contributed by atoms with van der Waals surface area (Å²) in [6, 6.07) is 9.90. The lowest BCUT2D eigenvalue weighted by Gasteiger charge is -2.25. The van der Waals surface area contributed by atoms with Crippen LogP contribution in [0.5, 0.6) is 0 Å². The van der Waals surface area contributed by atoms with Crippen LogP contribution in [0.2, 0.25) is 0 Å². The molecule has 0 N–H and O–H groups in total. The molecule has 0 spiro atoms. The first-order valence-corrected chi connectivity index (χ1v) is 11.5. The van der Waals surface area contributed by atoms with Gasteiger partial charge in [0.1, 0.15) is 11.2 Å². The lowest BCUT2D eigenvalue weighted by molar-refractivity contribution is 0.0412. The van der Waals surface area contributed by atoms with Crippen molar-refractivity contribution in [2.75, 3.05) is 7.05 Å². The van der Waals surface area contributed by atoms with Crippen LogP contribution in [0.1, 0.15) is 67.4 Å². The summed E-state index contributed by atoms with van der Waals surface area (Å²) in [4.78, 5) is 33.4. The van der Waals surface area contributed by atoms with Gasteiger partial charge >= 0.3 is 12.2 Å². The zero-order chi connectivity index (χ0) is 25.0. The Labute approximate surface area is 198 Å². The van der Waals surface area contributed by atoms with Gasteiger partial charge in [0.2, 0.25) is 5.96 Å². The maximum Gasteiger partial charge on any atom is 0.437 e. The van der Waals surface area contributed by atoms with Gasteiger partial charge in [-0.2, -0.15) is 0 Å². The highest BCUT2D eigenvalue weighted by Crippen LogP contribution is 2.32. The van der Waals surface area contributed by atoms with Crippen molar-refractivity contribution in [3.05, 3.63) is 47.7 Å². The van der Waals surface area contributed by atoms with Crippen molar-refractivity contribution < 1.29 is 19.1 Å². The number of carbonyl (C=O) groups is 2. The molecular formula is C26H39N3O4. The summed E-state index contributed by atoms with van der Waals surface area (Å²) in [5.74, 6) is 0.572. The lowest BCUT2D eigenvalue weighted by Crippen LogP contribution is -2.40. The lowest BCUT2D eigenvalue weighted by atomic mass is 9.99. The van der Waals surface area contributed by atoms with Crippen LogP contribution >= 0.6 is 0 Å². The molecule has 0 bridgehead atoms. The molecule has 1 saturated heterocycles. The number of nitrogens with zero attached hydrogens (tertiary/aromatic N) is 3. The number of likely N-dealkylation sites (N-methyl/N-ethyl adjacent to an activating group) is 1. The molecule has 1 aromatic carbocycles. The highest BCUT2D eigenvalue weighted by atomic mass is 16.6. The number of rotatable bonds is 4. The fourth-order valence-corrected chi connectivity index (χ4v) is 3.54. The predicted molar refractivity (Wildman–Crippen MR) is 131 cm³/mol. The van der Waals surface area contributed by atoms with E-state index in [0.717, 1.165) is 17.7 Å². The Bertz CT molecular complexity index is 892. The summed E-state index contributed by atoms with van der Waals surface area (Å²) in [5, 5.41) is 0. The SMILES string of the molecule is CC(C)CC1/C(=C/Cc2ccccc2)N(C(=O)OC(C)(C)C)/C(=N/C(=O)OC(C)(C)C)N1C. The van der Waals surface area contributed by atoms with E-state index in [0.29, 0.717) is 12.3 Å². The molecule has 182 valence electrons. The smallest absolute Gasteiger partial charge is 0.437 e. The molecular weight excluding hydrogens is 418 g/mol. The van der Waals surface area contributed by atoms with Crippen LogP contribution in [0, 0.1) is 5.92 Å². The van der Waals surface area contributed by atoms with Crippen LogP contribution < -0.4 is 0 Å². The zero-order valence-corrected chi connectivity index (χ0v) is 21.5. The first kappa shape index (κ1) is 26.4. The molecule has 0 aliphatic carbocycles. The Morgan fingerprint density at radius 3 is 2.12 bits per heavy atom. The van der Waals surface area contributed by atoms with Gasteiger partial charge in [-0.3, -0.25) is 0 Å². The predicted octanol–water partition coefficient (Wildman–Crippen LogP) is 6.00. The van der Waals surface area contributed by atoms with Gasteiger partial charge in [0, 0.05) is 7.05 Å². The van der Waals surface area contributed by atoms with Crippen molar-refractivity contribution in [1.82, 2.24) is 9.80 Å². The van der Waals surface area contributed by atoms with Gasteiger partial charge in [-0.05, 0) is 65.9 Å². The van der Waals surface area contributed by atoms with E-state index in [2.05, 4.69) is 18.8 Å². The normalized spacial score (nSPS) is 19.5. The van der Waals surface area contributed by atoms with Gasteiger partial charge in [0.05, 0.1) is 11.7 Å². The van der Waals surface area contributed by atoms with Crippen LogP contribution in [-0.2, 0) is 15.9 Å². The number of aliphatic imine (C=N–C) groups is 1. The van der Waals surface area contributed by atoms with Gasteiger partial charge in [-0.25, -0.2) is 14.5 Å². The summed E-state index contributed by atoms with van der Waals surface area (Å²) in [7, 11) is 1.84. The van der Waals surface area contributed by atoms with Gasteiger partial charge < -0.3 is 14.4 Å². The number of hydrogen-bond acceptors (Lipinski definition) is 4. The van der Waals surface area contributed by atoms with E-state index >= 15 is 0 Å². The first-order valence-electron chi connectivity index (χ1n) is 11.5. The molecule has 7 heteroatoms. The van der Waals surface area contributed by atoms with E-state index in [1.54, 1.807) is 20.8 Å². The average Bonchev–Trinajstić information content (AvgIpc) is 2.89. The molecule has 1 aromatic rings. The topological polar surface area (TPSA) is 71.4 Å². The minimum absolute atomic E-state index is 0.137. The van der Waals surface area contributed by atoms with Crippen molar-refractivity contribution >= 4 is 18.1 Å². The Balaban J connectivity index is 2.56. The van der Waals surface area contributed by atoms with E-state index in [4.69, 9.17) is 9.47 Å². The maximum absolute atomic E-state index is 13.3. The quantitative estimate of drug-likeness (QED) is 0.554. The van der Waals surface area contributed by atoms with Crippen LogP contribution in [0.15, 0.2) is 47.1 Å². The molecule has 1 atom stereocenters. The second kappa shape index (κ2) is 10.4. The minimum Gasteiger partial charge on any atom is -0.443 e. The van der Waals surface area contributed by atoms with Gasteiger partial charge in [0.25, 0.3) is 0 Å². The number of allylic oxidation sites excluding steroid dienone is 1. The molecule has 2 rings (SSSR count). The van der Waals surface area contributed by atoms with E-state index in [1.807, 2.05) is 69.1 Å². The third-order valence-electron chi connectivity index (χ3n) is 4.83. The first-order chi connectivity index (χ1) is 15.2. The Kier molecular flexibility index (Phi) is 8.33. The van der Waals surface area contributed by atoms with E-state index < -0.39 is 23.4 Å². The van der Waals surface area contributed by atoms with Crippen LogP contribution in [0.4, 0.5) is 9.59 Å². The molecule has 1 aliphatic heterocycles. The summed E-state index contributed by atoms with van der Waals surface area (Å²) in [5.41, 5.74) is 0.482. The van der Waals surface area contributed by atoms with Gasteiger partial charge in [-0.1, -0.05) is 50.3 Å². The summed E-state index contributed by atoms with van der Waals surface area (Å²) in [6.07, 6.45) is 2.13. The molecule has 2 amide bonds. The molecule has 33 heavy (non-hydrogen) atoms. The molecule has 1 aliphatic rings. The fourth-order valence-electron chi connectivity index (χ4n) is 3.54. The van der Waals surface area contributed by atoms with E-state index in [-0.39, 0.29) is 12.0 Å². The van der Waals surface area contributed by atoms with Crippen molar-refractivity contribution in [3.8, 4) is 0 Å². The molecule has 1 fully saturated rings. The summed E-state index contributed by atoms with van der Waals surface area (Å²) in [6.45, 7) is 15.0. The molecule has 0 radical (unpaired) electrons. The third kappa shape index (κ3) is 7.91. The number of hydrogen-bond donors (Lipinski definition) is 0. The summed E-state index contributed by atoms with van der Waals surface area (Å²) < 4.78 is 11.1. The monoisotopic (exact) mass is 457 g/mol. The second-order valence-electron chi connectivity index (χ2n) is 10.8. The average molecular weight is 458 g/mol. The largest absolute Gasteiger partial charge is 0.443 e. The Hall–Kier alpha value is -2.83. The number of benzene rings is 1. The highest BCUT2D eigenvalue weighted by molar-refractivity contribution is 6.03. The van der Waals surface area contributed by atoms with Crippen molar-refractivity contribution in [2.24, 2.45) is 10.9 Å². The molecule has 0 aromatic heterocycles. The maximum atomic E-state index is 13.3. The van der Waals surface area contributed by atoms with Crippen LogP contribution in [0.3, 0.4) is 0 Å². The van der Waals surface area contributed by atoms with Crippen molar-refractivity contribution in [2.45, 2.75) is 85.5 Å². The molecule has 7 nitrogen and oxygen atoms in total. The Morgan fingerprint density at radius 1 is 1.03 bits per heavy atom. The molecule has 0 saturated carbocycles. The van der Waals surface area contributed by atoms with E-state index in [1.165, 1.54) is 4.90 Å². The van der Waals surface area contributed by atoms with Crippen LogP contribution in [-0.4, -0.2) is 52.2 Å². The van der Waals surface area contributed by atoms with E-state index in [9.17, 15) is 9.59 Å². The summed E-state index contributed by atoms with van der Waals surface area (Å²) >= 11 is 0. The number of amides is 2. The highest BCUT2D eigenvalue weighted by Gasteiger charge is 2.44. The van der Waals surface area contributed by atoms with Gasteiger partial charge in [-0.15, -0.1) is 4.99 Å².